The molecule has 11 heavy (non-hydrogen) atoms. The van der Waals surface area contributed by atoms with E-state index in [-0.39, 0.29) is 17.2 Å². The van der Waals surface area contributed by atoms with Gasteiger partial charge < -0.3 is 4.42 Å². The van der Waals surface area contributed by atoms with Crippen molar-refractivity contribution in [1.29, 1.82) is 0 Å². The quantitative estimate of drug-likeness (QED) is 0.575. The number of para-hydroxylation sites is 1. The Hall–Kier alpha value is -1.38. The number of oxazole rings is 1. The third-order valence-electron chi connectivity index (χ3n) is 1.41. The average molecular weight is 150 g/mol. The predicted octanol–water partition coefficient (Wildman–Crippen LogP) is 2.15. The maximum absolute atomic E-state index is 12.8. The normalized spacial score (nSPS) is 10.7. The highest BCUT2D eigenvalue weighted by atomic mass is 19.1. The standard InChI is InChI=1S/C8H5FNO/c1-5-10-8-6(9)3-2-4-7(8)11-5/h2-4H,1H2. The van der Waals surface area contributed by atoms with E-state index in [4.69, 9.17) is 4.42 Å². The first kappa shape index (κ1) is 6.34. The first-order valence-electron chi connectivity index (χ1n) is 3.14. The molecule has 2 rings (SSSR count). The van der Waals surface area contributed by atoms with E-state index in [1.807, 2.05) is 0 Å². The molecule has 0 amide bonds. The summed E-state index contributed by atoms with van der Waals surface area (Å²) < 4.78 is 17.8. The summed E-state index contributed by atoms with van der Waals surface area (Å²) in [5.41, 5.74) is 0.688. The fourth-order valence-corrected chi connectivity index (χ4v) is 0.961. The summed E-state index contributed by atoms with van der Waals surface area (Å²) in [6.45, 7) is 3.45. The lowest BCUT2D eigenvalue weighted by molar-refractivity contribution is 0.579. The fraction of sp³-hybridized carbons (Fsp3) is 0. The zero-order valence-electron chi connectivity index (χ0n) is 5.67. The topological polar surface area (TPSA) is 26.0 Å². The van der Waals surface area contributed by atoms with Crippen LogP contribution in [0.15, 0.2) is 22.6 Å². The highest BCUT2D eigenvalue weighted by molar-refractivity contribution is 5.73. The Labute approximate surface area is 62.7 Å². The van der Waals surface area contributed by atoms with Gasteiger partial charge in [0, 0.05) is 6.92 Å². The number of hydrogen-bond acceptors (Lipinski definition) is 2. The van der Waals surface area contributed by atoms with Crippen molar-refractivity contribution in [3.05, 3.63) is 36.8 Å². The Morgan fingerprint density at radius 3 is 3.00 bits per heavy atom. The van der Waals surface area contributed by atoms with E-state index >= 15 is 0 Å². The monoisotopic (exact) mass is 150 g/mol. The molecule has 0 unspecified atom stereocenters. The van der Waals surface area contributed by atoms with E-state index in [1.54, 1.807) is 12.1 Å². The van der Waals surface area contributed by atoms with Crippen molar-refractivity contribution in [3.63, 3.8) is 0 Å². The molecule has 0 N–H and O–H groups in total. The van der Waals surface area contributed by atoms with Crippen molar-refractivity contribution in [2.45, 2.75) is 0 Å². The van der Waals surface area contributed by atoms with Crippen LogP contribution in [0.3, 0.4) is 0 Å². The van der Waals surface area contributed by atoms with E-state index < -0.39 is 0 Å². The Balaban J connectivity index is 2.90. The smallest absolute Gasteiger partial charge is 0.196 e. The fourth-order valence-electron chi connectivity index (χ4n) is 0.961. The first-order valence-corrected chi connectivity index (χ1v) is 3.14. The number of rotatable bonds is 0. The molecule has 0 saturated heterocycles. The molecule has 0 fully saturated rings. The molecule has 0 aliphatic carbocycles. The van der Waals surface area contributed by atoms with Gasteiger partial charge in [-0.3, -0.25) is 0 Å². The van der Waals surface area contributed by atoms with Gasteiger partial charge in [-0.15, -0.1) is 0 Å². The summed E-state index contributed by atoms with van der Waals surface area (Å²) in [7, 11) is 0. The van der Waals surface area contributed by atoms with Crippen molar-refractivity contribution < 1.29 is 8.81 Å². The van der Waals surface area contributed by atoms with Gasteiger partial charge in [0.05, 0.1) is 0 Å². The van der Waals surface area contributed by atoms with Crippen LogP contribution in [0.5, 0.6) is 0 Å². The minimum Gasteiger partial charge on any atom is -0.441 e. The lowest BCUT2D eigenvalue weighted by atomic mass is 10.3. The molecule has 55 valence electrons. The molecule has 0 spiro atoms. The maximum atomic E-state index is 12.8. The van der Waals surface area contributed by atoms with Crippen LogP contribution in [0, 0.1) is 12.7 Å². The third kappa shape index (κ3) is 0.888. The van der Waals surface area contributed by atoms with E-state index in [0.29, 0.717) is 5.58 Å². The van der Waals surface area contributed by atoms with Crippen LogP contribution in [0.2, 0.25) is 0 Å². The Morgan fingerprint density at radius 1 is 1.45 bits per heavy atom. The molecule has 1 heterocycles. The van der Waals surface area contributed by atoms with Gasteiger partial charge in [0.25, 0.3) is 0 Å². The number of benzene rings is 1. The molecule has 0 saturated carbocycles. The van der Waals surface area contributed by atoms with Gasteiger partial charge in [-0.1, -0.05) is 6.07 Å². The molecule has 1 aromatic carbocycles. The van der Waals surface area contributed by atoms with Crippen molar-refractivity contribution in [2.75, 3.05) is 0 Å². The van der Waals surface area contributed by atoms with Gasteiger partial charge in [0.2, 0.25) is 0 Å². The largest absolute Gasteiger partial charge is 0.441 e. The van der Waals surface area contributed by atoms with Crippen LogP contribution in [0.4, 0.5) is 4.39 Å². The van der Waals surface area contributed by atoms with Crippen LogP contribution in [0.25, 0.3) is 11.1 Å². The van der Waals surface area contributed by atoms with Gasteiger partial charge in [-0.25, -0.2) is 9.37 Å². The van der Waals surface area contributed by atoms with E-state index in [0.717, 1.165) is 0 Å². The second kappa shape index (κ2) is 2.05. The zero-order chi connectivity index (χ0) is 7.84. The summed E-state index contributed by atoms with van der Waals surface area (Å²) in [6, 6.07) is 4.56. The summed E-state index contributed by atoms with van der Waals surface area (Å²) in [5, 5.41) is 0. The van der Waals surface area contributed by atoms with Gasteiger partial charge in [-0.05, 0) is 12.1 Å². The molecule has 2 aromatic rings. The van der Waals surface area contributed by atoms with Gasteiger partial charge in [0.1, 0.15) is 5.52 Å². The van der Waals surface area contributed by atoms with Crippen molar-refractivity contribution in [3.8, 4) is 0 Å². The number of aromatic nitrogens is 1. The van der Waals surface area contributed by atoms with Crippen molar-refractivity contribution in [1.82, 2.24) is 4.98 Å². The lowest BCUT2D eigenvalue weighted by Crippen LogP contribution is -1.75. The highest BCUT2D eigenvalue weighted by Gasteiger charge is 2.05. The maximum Gasteiger partial charge on any atom is 0.196 e. The number of nitrogens with zero attached hydrogens (tertiary/aromatic N) is 1. The van der Waals surface area contributed by atoms with Crippen molar-refractivity contribution >= 4 is 11.1 Å². The molecule has 2 nitrogen and oxygen atoms in total. The number of halogens is 1. The molecular formula is C8H5FNO. The summed E-state index contributed by atoms with van der Waals surface area (Å²) in [5.74, 6) is -0.133. The minimum absolute atomic E-state index is 0.241. The Bertz CT molecular complexity index is 394. The van der Waals surface area contributed by atoms with Crippen LogP contribution < -0.4 is 0 Å². The molecule has 1 aromatic heterocycles. The summed E-state index contributed by atoms with van der Waals surface area (Å²) in [6.07, 6.45) is 0. The van der Waals surface area contributed by atoms with E-state index in [1.165, 1.54) is 6.07 Å². The number of hydrogen-bond donors (Lipinski definition) is 0. The molecular weight excluding hydrogens is 145 g/mol. The molecule has 0 aliphatic heterocycles. The predicted molar refractivity (Wildman–Crippen MR) is 38.4 cm³/mol. The van der Waals surface area contributed by atoms with Crippen LogP contribution >= 0.6 is 0 Å². The van der Waals surface area contributed by atoms with Crippen LogP contribution in [-0.4, -0.2) is 4.98 Å². The minimum atomic E-state index is -0.374. The SMILES string of the molecule is [CH2]c1nc2c(F)cccc2o1. The summed E-state index contributed by atoms with van der Waals surface area (Å²) >= 11 is 0. The van der Waals surface area contributed by atoms with Gasteiger partial charge >= 0.3 is 0 Å². The molecule has 3 heteroatoms. The molecule has 1 radical (unpaired) electrons. The molecule has 0 atom stereocenters. The van der Waals surface area contributed by atoms with E-state index in [2.05, 4.69) is 11.9 Å². The Morgan fingerprint density at radius 2 is 2.27 bits per heavy atom. The number of fused-ring (bicyclic) bond motifs is 1. The molecule has 0 aliphatic rings. The van der Waals surface area contributed by atoms with Crippen molar-refractivity contribution in [2.24, 2.45) is 0 Å². The Kier molecular flexibility index (Phi) is 1.18. The van der Waals surface area contributed by atoms with Gasteiger partial charge in [-0.2, -0.15) is 0 Å². The second-order valence-electron chi connectivity index (χ2n) is 2.19. The second-order valence-corrected chi connectivity index (χ2v) is 2.19. The third-order valence-corrected chi connectivity index (χ3v) is 1.41. The molecule has 0 bridgehead atoms. The van der Waals surface area contributed by atoms with E-state index in [9.17, 15) is 4.39 Å². The zero-order valence-corrected chi connectivity index (χ0v) is 5.67. The highest BCUT2D eigenvalue weighted by Crippen LogP contribution is 2.17. The van der Waals surface area contributed by atoms with Crippen LogP contribution in [-0.2, 0) is 0 Å². The van der Waals surface area contributed by atoms with Gasteiger partial charge in [0.15, 0.2) is 17.3 Å². The van der Waals surface area contributed by atoms with Crippen LogP contribution in [0.1, 0.15) is 5.89 Å². The average Bonchev–Trinajstić information content (AvgIpc) is 2.31. The lowest BCUT2D eigenvalue weighted by Gasteiger charge is -1.85. The first-order chi connectivity index (χ1) is 5.27. The summed E-state index contributed by atoms with van der Waals surface area (Å²) in [4.78, 5) is 3.76.